The fourth-order valence-electron chi connectivity index (χ4n) is 14.7. The van der Waals surface area contributed by atoms with Crippen LogP contribution in [-0.2, 0) is 37.9 Å². The first-order valence-electron chi connectivity index (χ1n) is 23.7. The van der Waals surface area contributed by atoms with Crippen molar-refractivity contribution in [2.24, 2.45) is 52.3 Å². The molecule has 9 fully saturated rings. The van der Waals surface area contributed by atoms with Gasteiger partial charge in [-0.3, -0.25) is 0 Å². The monoisotopic (exact) mass is 886 g/mol. The Balaban J connectivity index is 0.845. The van der Waals surface area contributed by atoms with E-state index in [1.165, 1.54) is 19.8 Å². The average molecular weight is 887 g/mol. The second-order valence-electron chi connectivity index (χ2n) is 21.5. The maximum Gasteiger partial charge on any atom is 0.187 e. The minimum atomic E-state index is -1.79. The van der Waals surface area contributed by atoms with Gasteiger partial charge in [0.1, 0.15) is 67.1 Å². The number of aliphatic hydroxyl groups excluding tert-OH is 9. The third-order valence-corrected chi connectivity index (χ3v) is 18.2. The molecule has 9 rings (SSSR count). The van der Waals surface area contributed by atoms with Crippen LogP contribution in [0.5, 0.6) is 0 Å². The van der Waals surface area contributed by atoms with E-state index in [0.29, 0.717) is 41.4 Å². The number of aliphatic hydroxyl groups is 9. The minimum Gasteiger partial charge on any atom is -0.394 e. The van der Waals surface area contributed by atoms with Crippen LogP contribution >= 0.6 is 0 Å². The lowest BCUT2D eigenvalue weighted by Gasteiger charge is -2.61. The molecule has 0 amide bonds. The predicted octanol–water partition coefficient (Wildman–Crippen LogP) is 0.294. The fraction of sp³-hybridized carbons (Fsp3) is 1.00. The summed E-state index contributed by atoms with van der Waals surface area (Å²) in [7, 11) is 0. The quantitative estimate of drug-likeness (QED) is 0.149. The Kier molecular flexibility index (Phi) is 13.1. The van der Waals surface area contributed by atoms with Crippen molar-refractivity contribution in [2.45, 2.75) is 209 Å². The summed E-state index contributed by atoms with van der Waals surface area (Å²) in [5.41, 5.74) is 0.361. The van der Waals surface area contributed by atoms with E-state index in [0.717, 1.165) is 58.0 Å². The first-order chi connectivity index (χ1) is 29.4. The molecule has 1 spiro atoms. The van der Waals surface area contributed by atoms with Crippen molar-refractivity contribution in [1.82, 2.24) is 0 Å². The lowest BCUT2D eigenvalue weighted by Crippen LogP contribution is -2.66. The van der Waals surface area contributed by atoms with E-state index in [-0.39, 0.29) is 23.0 Å². The molecule has 0 unspecified atom stereocenters. The molecular formula is C45H74O17. The van der Waals surface area contributed by atoms with Crippen molar-refractivity contribution < 1.29 is 83.9 Å². The van der Waals surface area contributed by atoms with E-state index in [4.69, 9.17) is 37.9 Å². The van der Waals surface area contributed by atoms with Crippen LogP contribution in [0.2, 0.25) is 0 Å². The van der Waals surface area contributed by atoms with Gasteiger partial charge in [-0.15, -0.1) is 0 Å². The normalized spacial score (nSPS) is 58.9. The first-order valence-corrected chi connectivity index (χ1v) is 23.7. The highest BCUT2D eigenvalue weighted by Gasteiger charge is 2.69. The van der Waals surface area contributed by atoms with E-state index in [2.05, 4.69) is 27.7 Å². The number of rotatable bonds is 8. The number of hydrogen-bond donors (Lipinski definition) is 9. The van der Waals surface area contributed by atoms with Crippen molar-refractivity contribution in [3.05, 3.63) is 0 Å². The van der Waals surface area contributed by atoms with Crippen LogP contribution in [-0.4, -0.2) is 176 Å². The van der Waals surface area contributed by atoms with Gasteiger partial charge in [0.25, 0.3) is 0 Å². The van der Waals surface area contributed by atoms with Gasteiger partial charge in [0, 0.05) is 12.3 Å². The Labute approximate surface area is 364 Å². The lowest BCUT2D eigenvalue weighted by molar-refractivity contribution is -0.384. The summed E-state index contributed by atoms with van der Waals surface area (Å²) in [5.74, 6) is 3.30. The van der Waals surface area contributed by atoms with Gasteiger partial charge in [0.05, 0.1) is 38.1 Å². The largest absolute Gasteiger partial charge is 0.394 e. The van der Waals surface area contributed by atoms with Crippen LogP contribution in [0.15, 0.2) is 0 Å². The lowest BCUT2D eigenvalue weighted by atomic mass is 9.44. The van der Waals surface area contributed by atoms with Gasteiger partial charge in [-0.1, -0.05) is 27.7 Å². The summed E-state index contributed by atoms with van der Waals surface area (Å²) >= 11 is 0. The Morgan fingerprint density at radius 3 is 1.90 bits per heavy atom. The molecule has 27 atom stereocenters. The molecule has 17 nitrogen and oxygen atoms in total. The van der Waals surface area contributed by atoms with Crippen LogP contribution in [0.4, 0.5) is 0 Å². The molecule has 5 heterocycles. The van der Waals surface area contributed by atoms with Gasteiger partial charge in [-0.25, -0.2) is 0 Å². The third kappa shape index (κ3) is 7.56. The molecule has 0 bridgehead atoms. The number of hydrogen-bond acceptors (Lipinski definition) is 17. The van der Waals surface area contributed by atoms with Gasteiger partial charge in [-0.05, 0) is 111 Å². The molecule has 9 N–H and O–H groups in total. The highest BCUT2D eigenvalue weighted by Crippen LogP contribution is 2.71. The minimum absolute atomic E-state index is 0.130. The summed E-state index contributed by atoms with van der Waals surface area (Å²) in [6.45, 7) is 10.7. The molecule has 9 aliphatic rings. The fourth-order valence-corrected chi connectivity index (χ4v) is 14.7. The highest BCUT2D eigenvalue weighted by atomic mass is 16.8. The Bertz CT molecular complexity index is 1550. The van der Waals surface area contributed by atoms with Gasteiger partial charge in [0.15, 0.2) is 24.7 Å². The molecule has 0 radical (unpaired) electrons. The molecule has 356 valence electrons. The van der Waals surface area contributed by atoms with Crippen molar-refractivity contribution in [2.75, 3.05) is 19.8 Å². The number of fused-ring (bicyclic) bond motifs is 7. The molecule has 4 saturated carbocycles. The van der Waals surface area contributed by atoms with Crippen molar-refractivity contribution in [1.29, 1.82) is 0 Å². The van der Waals surface area contributed by atoms with Crippen LogP contribution in [0.1, 0.15) is 98.8 Å². The molecule has 62 heavy (non-hydrogen) atoms. The number of ether oxygens (including phenoxy) is 8. The Hall–Kier alpha value is -0.680. The zero-order valence-electron chi connectivity index (χ0n) is 36.8. The van der Waals surface area contributed by atoms with Crippen LogP contribution in [0.3, 0.4) is 0 Å². The molecule has 17 heteroatoms. The maximum absolute atomic E-state index is 11.4. The van der Waals surface area contributed by atoms with E-state index < -0.39 is 111 Å². The summed E-state index contributed by atoms with van der Waals surface area (Å²) in [5, 5.41) is 95.4. The molecular weight excluding hydrogens is 812 g/mol. The zero-order valence-corrected chi connectivity index (χ0v) is 36.8. The van der Waals surface area contributed by atoms with Crippen molar-refractivity contribution >= 4 is 0 Å². The van der Waals surface area contributed by atoms with Crippen LogP contribution in [0, 0.1) is 52.3 Å². The summed E-state index contributed by atoms with van der Waals surface area (Å²) < 4.78 is 49.5. The van der Waals surface area contributed by atoms with E-state index >= 15 is 0 Å². The van der Waals surface area contributed by atoms with E-state index in [9.17, 15) is 46.0 Å². The van der Waals surface area contributed by atoms with E-state index in [1.807, 2.05) is 0 Å². The van der Waals surface area contributed by atoms with Gasteiger partial charge in [-0.2, -0.15) is 0 Å². The third-order valence-electron chi connectivity index (χ3n) is 18.2. The molecule has 0 aromatic rings. The van der Waals surface area contributed by atoms with Crippen molar-refractivity contribution in [3.8, 4) is 0 Å². The first kappa shape index (κ1) is 46.4. The second-order valence-corrected chi connectivity index (χ2v) is 21.5. The molecule has 0 aromatic heterocycles. The smallest absolute Gasteiger partial charge is 0.187 e. The summed E-state index contributed by atoms with van der Waals surface area (Å²) in [4.78, 5) is 0. The topological polar surface area (TPSA) is 256 Å². The predicted molar refractivity (Wildman–Crippen MR) is 214 cm³/mol. The maximum atomic E-state index is 11.4. The summed E-state index contributed by atoms with van der Waals surface area (Å²) in [6, 6.07) is 0. The standard InChI is InChI=1S/C45H74O17/c1-19-8-13-45(55-18-19)20(2)30-27(62-45)15-26-24-7-6-22-14-23(9-11-43(22,4)25(24)10-12-44(26,30)5)57-42-39(34(51)32(49)29(17-47)59-42)61-40-37(54)35(52)38(21(3)56-40)60-41-36(53)33(50)31(48)28(16-46)58-41/h19-42,46-54H,6-18H2,1-5H3/t19-,20-,21+,22+,23-,24-,25+,26+,27-,28+,29+,30-,31+,32+,33-,34-,35+,36+,37+,38+,39+,40-,41-,42+,43-,44-,45-/m1/s1. The molecule has 5 aliphatic heterocycles. The highest BCUT2D eigenvalue weighted by molar-refractivity contribution is 5.15. The second kappa shape index (κ2) is 17.4. The van der Waals surface area contributed by atoms with Gasteiger partial charge < -0.3 is 83.9 Å². The summed E-state index contributed by atoms with van der Waals surface area (Å²) in [6.07, 6.45) is -12.1. The van der Waals surface area contributed by atoms with E-state index in [1.54, 1.807) is 0 Å². The van der Waals surface area contributed by atoms with Gasteiger partial charge in [0.2, 0.25) is 0 Å². The molecule has 4 aliphatic carbocycles. The molecule has 0 aromatic carbocycles. The van der Waals surface area contributed by atoms with Crippen LogP contribution < -0.4 is 0 Å². The zero-order chi connectivity index (χ0) is 44.2. The SMILES string of the molecule is C[C@@H]1CC[C@@]2(OC1)O[C@@H]1C[C@H]3[C@@H]4CC[C@H]5C[C@H](O[C@H]6O[C@@H](CO)[C@H](O)[C@@H](O)[C@@H]6O[C@H]6O[C@@H](C)[C@H](O[C@H]7O[C@@H](CO)[C@H](O)[C@@H](O)[C@@H]7O)[C@@H](O)[C@@H]6O)CC[C@@]5(C)[C@H]4CC[C@@]3(C)[C@@H]1[C@H]2C. The Morgan fingerprint density at radius 1 is 0.581 bits per heavy atom. The van der Waals surface area contributed by atoms with Crippen LogP contribution in [0.25, 0.3) is 0 Å². The average Bonchev–Trinajstić information content (AvgIpc) is 3.70. The molecule has 5 saturated heterocycles. The Morgan fingerprint density at radius 2 is 1.21 bits per heavy atom. The van der Waals surface area contributed by atoms with Gasteiger partial charge >= 0.3 is 0 Å². The van der Waals surface area contributed by atoms with Crippen molar-refractivity contribution in [3.63, 3.8) is 0 Å².